The maximum absolute atomic E-state index is 11.7. The highest BCUT2D eigenvalue weighted by atomic mass is 32.2. The van der Waals surface area contributed by atoms with Crippen LogP contribution < -0.4 is 10.6 Å². The summed E-state index contributed by atoms with van der Waals surface area (Å²) < 4.78 is 23.4. The number of rotatable bonds is 8. The van der Waals surface area contributed by atoms with Crippen molar-refractivity contribution in [3.05, 3.63) is 36.4 Å². The minimum Gasteiger partial charge on any atom is -0.370 e. The molecule has 1 saturated heterocycles. The van der Waals surface area contributed by atoms with Crippen LogP contribution in [0.1, 0.15) is 12.8 Å². The molecule has 0 amide bonds. The van der Waals surface area contributed by atoms with Crippen LogP contribution in [0.3, 0.4) is 0 Å². The van der Waals surface area contributed by atoms with E-state index < -0.39 is 9.84 Å². The first kappa shape index (κ1) is 19.6. The van der Waals surface area contributed by atoms with Gasteiger partial charge in [-0.05, 0) is 33.5 Å². The number of nitrogens with one attached hydrogen (secondary N) is 2. The SMILES string of the molecule is CN(C)CCCNc1cc(-c2ccccc2)nc(NC2CCS(=O)(=O)C2)n1. The van der Waals surface area contributed by atoms with Crippen molar-refractivity contribution in [3.8, 4) is 11.3 Å². The normalized spacial score (nSPS) is 18.6. The van der Waals surface area contributed by atoms with Crippen LogP contribution in [-0.2, 0) is 9.84 Å². The predicted molar refractivity (Wildman–Crippen MR) is 110 cm³/mol. The van der Waals surface area contributed by atoms with Crippen LogP contribution in [0.25, 0.3) is 11.3 Å². The van der Waals surface area contributed by atoms with Crippen LogP contribution >= 0.6 is 0 Å². The third kappa shape index (κ3) is 5.90. The number of sulfone groups is 1. The van der Waals surface area contributed by atoms with E-state index >= 15 is 0 Å². The van der Waals surface area contributed by atoms with Crippen molar-refractivity contribution in [1.29, 1.82) is 0 Å². The highest BCUT2D eigenvalue weighted by molar-refractivity contribution is 7.91. The molecule has 27 heavy (non-hydrogen) atoms. The molecule has 2 heterocycles. The van der Waals surface area contributed by atoms with E-state index in [9.17, 15) is 8.42 Å². The van der Waals surface area contributed by atoms with Crippen LogP contribution in [0.4, 0.5) is 11.8 Å². The molecule has 0 bridgehead atoms. The van der Waals surface area contributed by atoms with Gasteiger partial charge in [0.2, 0.25) is 5.95 Å². The first-order chi connectivity index (χ1) is 12.9. The molecule has 1 fully saturated rings. The lowest BCUT2D eigenvalue weighted by Crippen LogP contribution is -2.22. The van der Waals surface area contributed by atoms with Crippen LogP contribution in [0.5, 0.6) is 0 Å². The van der Waals surface area contributed by atoms with Gasteiger partial charge in [0.25, 0.3) is 0 Å². The van der Waals surface area contributed by atoms with Crippen molar-refractivity contribution in [2.45, 2.75) is 18.9 Å². The molecule has 8 heteroatoms. The number of nitrogens with zero attached hydrogens (tertiary/aromatic N) is 3. The summed E-state index contributed by atoms with van der Waals surface area (Å²) in [5.74, 6) is 1.57. The fourth-order valence-corrected chi connectivity index (χ4v) is 4.74. The summed E-state index contributed by atoms with van der Waals surface area (Å²) >= 11 is 0. The molecule has 2 aromatic rings. The number of aromatic nitrogens is 2. The molecular weight excluding hydrogens is 362 g/mol. The molecule has 7 nitrogen and oxygen atoms in total. The molecule has 1 aromatic carbocycles. The topological polar surface area (TPSA) is 87.2 Å². The largest absolute Gasteiger partial charge is 0.370 e. The van der Waals surface area contributed by atoms with E-state index in [0.29, 0.717) is 12.4 Å². The predicted octanol–water partition coefficient (Wildman–Crippen LogP) is 2.11. The van der Waals surface area contributed by atoms with Gasteiger partial charge in [-0.1, -0.05) is 30.3 Å². The summed E-state index contributed by atoms with van der Waals surface area (Å²) in [6, 6.07) is 11.7. The van der Waals surface area contributed by atoms with Gasteiger partial charge in [0.05, 0.1) is 17.2 Å². The lowest BCUT2D eigenvalue weighted by atomic mass is 10.1. The van der Waals surface area contributed by atoms with Crippen molar-refractivity contribution >= 4 is 21.6 Å². The van der Waals surface area contributed by atoms with Crippen molar-refractivity contribution < 1.29 is 8.42 Å². The van der Waals surface area contributed by atoms with E-state index in [1.807, 2.05) is 36.4 Å². The van der Waals surface area contributed by atoms with Gasteiger partial charge in [0.1, 0.15) is 5.82 Å². The van der Waals surface area contributed by atoms with Crippen molar-refractivity contribution in [2.24, 2.45) is 0 Å². The third-order valence-corrected chi connectivity index (χ3v) is 6.22. The maximum atomic E-state index is 11.7. The van der Waals surface area contributed by atoms with Gasteiger partial charge in [0.15, 0.2) is 9.84 Å². The Balaban J connectivity index is 1.78. The summed E-state index contributed by atoms with van der Waals surface area (Å²) in [6.07, 6.45) is 1.59. The number of benzene rings is 1. The average molecular weight is 390 g/mol. The smallest absolute Gasteiger partial charge is 0.225 e. The summed E-state index contributed by atoms with van der Waals surface area (Å²) in [4.78, 5) is 11.3. The standard InChI is InChI=1S/C19H27N5O2S/c1-24(2)11-6-10-20-18-13-17(15-7-4-3-5-8-15)22-19(23-18)21-16-9-12-27(25,26)14-16/h3-5,7-8,13,16H,6,9-12,14H2,1-2H3,(H2,20,21,22,23). The second-order valence-electron chi connectivity index (χ2n) is 7.16. The lowest BCUT2D eigenvalue weighted by molar-refractivity contribution is 0.405. The van der Waals surface area contributed by atoms with Gasteiger partial charge < -0.3 is 15.5 Å². The number of hydrogen-bond donors (Lipinski definition) is 2. The fraction of sp³-hybridized carbons (Fsp3) is 0.474. The zero-order chi connectivity index (χ0) is 19.3. The molecule has 0 spiro atoms. The molecule has 1 atom stereocenters. The summed E-state index contributed by atoms with van der Waals surface area (Å²) in [5, 5.41) is 6.56. The van der Waals surface area contributed by atoms with Crippen molar-refractivity contribution in [1.82, 2.24) is 14.9 Å². The van der Waals surface area contributed by atoms with E-state index in [1.165, 1.54) is 0 Å². The number of anilines is 2. The molecule has 0 saturated carbocycles. The number of hydrogen-bond acceptors (Lipinski definition) is 7. The summed E-state index contributed by atoms with van der Waals surface area (Å²) in [5.41, 5.74) is 1.81. The highest BCUT2D eigenvalue weighted by Gasteiger charge is 2.28. The van der Waals surface area contributed by atoms with E-state index in [1.54, 1.807) is 0 Å². The Hall–Kier alpha value is -2.19. The maximum Gasteiger partial charge on any atom is 0.225 e. The average Bonchev–Trinajstić information content (AvgIpc) is 2.97. The minimum absolute atomic E-state index is 0.136. The summed E-state index contributed by atoms with van der Waals surface area (Å²) in [7, 11) is 1.15. The van der Waals surface area contributed by atoms with E-state index in [2.05, 4.69) is 39.6 Å². The minimum atomic E-state index is -2.95. The zero-order valence-corrected chi connectivity index (χ0v) is 16.7. The molecule has 0 aliphatic carbocycles. The molecule has 3 rings (SSSR count). The van der Waals surface area contributed by atoms with Crippen LogP contribution in [0.2, 0.25) is 0 Å². The second kappa shape index (κ2) is 8.67. The molecule has 1 aromatic heterocycles. The molecule has 0 radical (unpaired) electrons. The van der Waals surface area contributed by atoms with Crippen LogP contribution in [0, 0.1) is 0 Å². The van der Waals surface area contributed by atoms with E-state index in [4.69, 9.17) is 0 Å². The highest BCUT2D eigenvalue weighted by Crippen LogP contribution is 2.23. The Morgan fingerprint density at radius 3 is 2.63 bits per heavy atom. The quantitative estimate of drug-likeness (QED) is 0.669. The molecule has 146 valence electrons. The molecule has 1 aliphatic heterocycles. The van der Waals surface area contributed by atoms with Gasteiger partial charge in [-0.3, -0.25) is 0 Å². The Bertz CT molecular complexity index is 856. The van der Waals surface area contributed by atoms with Crippen LogP contribution in [0.15, 0.2) is 36.4 Å². The first-order valence-electron chi connectivity index (χ1n) is 9.21. The van der Waals surface area contributed by atoms with Gasteiger partial charge in [-0.25, -0.2) is 13.4 Å². The Morgan fingerprint density at radius 2 is 1.96 bits per heavy atom. The monoisotopic (exact) mass is 389 g/mol. The van der Waals surface area contributed by atoms with Gasteiger partial charge >= 0.3 is 0 Å². The van der Waals surface area contributed by atoms with Crippen molar-refractivity contribution in [2.75, 3.05) is 49.3 Å². The molecular formula is C19H27N5O2S. The second-order valence-corrected chi connectivity index (χ2v) is 9.38. The lowest BCUT2D eigenvalue weighted by Gasteiger charge is -2.15. The van der Waals surface area contributed by atoms with E-state index in [0.717, 1.165) is 36.6 Å². The Kier molecular flexibility index (Phi) is 6.28. The van der Waals surface area contributed by atoms with Gasteiger partial charge in [-0.15, -0.1) is 0 Å². The molecule has 2 N–H and O–H groups in total. The molecule has 1 unspecified atom stereocenters. The Morgan fingerprint density at radius 1 is 1.19 bits per heavy atom. The van der Waals surface area contributed by atoms with Gasteiger partial charge in [-0.2, -0.15) is 4.98 Å². The van der Waals surface area contributed by atoms with Gasteiger partial charge in [0, 0.05) is 24.2 Å². The fourth-order valence-electron chi connectivity index (χ4n) is 3.06. The summed E-state index contributed by atoms with van der Waals surface area (Å²) in [6.45, 7) is 1.80. The molecule has 1 aliphatic rings. The first-order valence-corrected chi connectivity index (χ1v) is 11.0. The van der Waals surface area contributed by atoms with E-state index in [-0.39, 0.29) is 17.5 Å². The van der Waals surface area contributed by atoms with Crippen molar-refractivity contribution in [3.63, 3.8) is 0 Å². The Labute approximate surface area is 161 Å². The third-order valence-electron chi connectivity index (χ3n) is 4.45. The zero-order valence-electron chi connectivity index (χ0n) is 15.9. The van der Waals surface area contributed by atoms with Crippen LogP contribution in [-0.4, -0.2) is 68.0 Å².